The van der Waals surface area contributed by atoms with Crippen molar-refractivity contribution in [1.29, 1.82) is 0 Å². The summed E-state index contributed by atoms with van der Waals surface area (Å²) >= 11 is 0. The molecule has 0 radical (unpaired) electrons. The van der Waals surface area contributed by atoms with E-state index >= 15 is 0 Å². The molecule has 0 aliphatic carbocycles. The summed E-state index contributed by atoms with van der Waals surface area (Å²) in [6, 6.07) is 5.49. The standard InChI is InChI=1S/C8H8N4O/c1-13-8-4-2-3-6(10-8)7-5-9-12-11-7/h2-5H,1H3,(H,9,11,12). The van der Waals surface area contributed by atoms with E-state index < -0.39 is 0 Å². The van der Waals surface area contributed by atoms with E-state index in [9.17, 15) is 0 Å². The number of methoxy groups -OCH3 is 1. The van der Waals surface area contributed by atoms with E-state index in [1.54, 1.807) is 19.4 Å². The topological polar surface area (TPSA) is 63.7 Å². The average Bonchev–Trinajstić information content (AvgIpc) is 2.71. The van der Waals surface area contributed by atoms with Crippen molar-refractivity contribution < 1.29 is 4.74 Å². The Morgan fingerprint density at radius 3 is 2.92 bits per heavy atom. The molecule has 13 heavy (non-hydrogen) atoms. The Morgan fingerprint density at radius 1 is 1.31 bits per heavy atom. The summed E-state index contributed by atoms with van der Waals surface area (Å²) in [4.78, 5) is 4.19. The molecular formula is C8H8N4O. The number of hydrogen-bond donors (Lipinski definition) is 1. The highest BCUT2D eigenvalue weighted by Crippen LogP contribution is 2.15. The Hall–Kier alpha value is -1.91. The Balaban J connectivity index is 2.41. The first-order valence-electron chi connectivity index (χ1n) is 3.77. The van der Waals surface area contributed by atoms with Gasteiger partial charge in [0.2, 0.25) is 5.88 Å². The lowest BCUT2D eigenvalue weighted by molar-refractivity contribution is 0.398. The number of aromatic nitrogens is 4. The molecule has 0 aliphatic rings. The van der Waals surface area contributed by atoms with E-state index in [0.29, 0.717) is 11.6 Å². The van der Waals surface area contributed by atoms with Crippen molar-refractivity contribution in [2.75, 3.05) is 7.11 Å². The summed E-state index contributed by atoms with van der Waals surface area (Å²) in [6.45, 7) is 0. The van der Waals surface area contributed by atoms with Crippen LogP contribution in [0.3, 0.4) is 0 Å². The first-order valence-corrected chi connectivity index (χ1v) is 3.77. The van der Waals surface area contributed by atoms with Gasteiger partial charge in [0.05, 0.1) is 19.0 Å². The minimum Gasteiger partial charge on any atom is -0.481 e. The largest absolute Gasteiger partial charge is 0.481 e. The maximum absolute atomic E-state index is 4.98. The monoisotopic (exact) mass is 176 g/mol. The van der Waals surface area contributed by atoms with Gasteiger partial charge in [-0.25, -0.2) is 4.98 Å². The van der Waals surface area contributed by atoms with Crippen molar-refractivity contribution in [3.63, 3.8) is 0 Å². The minimum atomic E-state index is 0.570. The summed E-state index contributed by atoms with van der Waals surface area (Å²) in [5, 5.41) is 10.1. The number of hydrogen-bond acceptors (Lipinski definition) is 4. The van der Waals surface area contributed by atoms with Gasteiger partial charge in [0.25, 0.3) is 0 Å². The van der Waals surface area contributed by atoms with Crippen LogP contribution in [0.1, 0.15) is 0 Å². The third-order valence-corrected chi connectivity index (χ3v) is 1.61. The molecule has 5 heteroatoms. The molecule has 2 aromatic rings. The third-order valence-electron chi connectivity index (χ3n) is 1.61. The molecule has 0 atom stereocenters. The van der Waals surface area contributed by atoms with Crippen LogP contribution in [0.25, 0.3) is 11.4 Å². The quantitative estimate of drug-likeness (QED) is 0.737. The lowest BCUT2D eigenvalue weighted by atomic mass is 10.3. The zero-order chi connectivity index (χ0) is 9.10. The van der Waals surface area contributed by atoms with Gasteiger partial charge in [-0.2, -0.15) is 15.4 Å². The zero-order valence-electron chi connectivity index (χ0n) is 7.06. The molecule has 0 spiro atoms. The smallest absolute Gasteiger partial charge is 0.213 e. The van der Waals surface area contributed by atoms with Gasteiger partial charge in [0.15, 0.2) is 0 Å². The van der Waals surface area contributed by atoms with E-state index in [1.807, 2.05) is 12.1 Å². The minimum absolute atomic E-state index is 0.570. The maximum Gasteiger partial charge on any atom is 0.213 e. The van der Waals surface area contributed by atoms with Crippen LogP contribution in [-0.2, 0) is 0 Å². The summed E-state index contributed by atoms with van der Waals surface area (Å²) < 4.78 is 4.98. The molecule has 1 N–H and O–H groups in total. The lowest BCUT2D eigenvalue weighted by Crippen LogP contribution is -1.89. The van der Waals surface area contributed by atoms with Gasteiger partial charge >= 0.3 is 0 Å². The normalized spacial score (nSPS) is 9.92. The van der Waals surface area contributed by atoms with Gasteiger partial charge < -0.3 is 4.74 Å². The van der Waals surface area contributed by atoms with Gasteiger partial charge in [0, 0.05) is 6.07 Å². The van der Waals surface area contributed by atoms with Crippen LogP contribution in [-0.4, -0.2) is 27.5 Å². The third kappa shape index (κ3) is 1.48. The fourth-order valence-electron chi connectivity index (χ4n) is 0.996. The van der Waals surface area contributed by atoms with Gasteiger partial charge in [-0.15, -0.1) is 0 Å². The predicted octanol–water partition coefficient (Wildman–Crippen LogP) is 0.875. The van der Waals surface area contributed by atoms with Crippen molar-refractivity contribution in [3.8, 4) is 17.3 Å². The molecule has 5 nitrogen and oxygen atoms in total. The van der Waals surface area contributed by atoms with E-state index in [2.05, 4.69) is 20.4 Å². The van der Waals surface area contributed by atoms with Crippen molar-refractivity contribution >= 4 is 0 Å². The fourth-order valence-corrected chi connectivity index (χ4v) is 0.996. The molecule has 2 aromatic heterocycles. The molecule has 0 amide bonds. The summed E-state index contributed by atoms with van der Waals surface area (Å²) in [5.74, 6) is 0.570. The van der Waals surface area contributed by atoms with Crippen LogP contribution in [0.4, 0.5) is 0 Å². The number of nitrogens with one attached hydrogen (secondary N) is 1. The van der Waals surface area contributed by atoms with Crippen LogP contribution in [0, 0.1) is 0 Å². The van der Waals surface area contributed by atoms with Crippen LogP contribution in [0.15, 0.2) is 24.4 Å². The van der Waals surface area contributed by atoms with Gasteiger partial charge in [-0.05, 0) is 6.07 Å². The fraction of sp³-hybridized carbons (Fsp3) is 0.125. The number of aromatic amines is 1. The average molecular weight is 176 g/mol. The second-order valence-corrected chi connectivity index (χ2v) is 2.42. The molecule has 0 aromatic carbocycles. The predicted molar refractivity (Wildman–Crippen MR) is 46.2 cm³/mol. The second kappa shape index (κ2) is 3.22. The molecule has 0 saturated carbocycles. The van der Waals surface area contributed by atoms with E-state index in [4.69, 9.17) is 4.74 Å². The Labute approximate surface area is 74.8 Å². The van der Waals surface area contributed by atoms with E-state index in [0.717, 1.165) is 5.69 Å². The summed E-state index contributed by atoms with van der Waals surface area (Å²) in [6.07, 6.45) is 1.61. The molecule has 2 heterocycles. The van der Waals surface area contributed by atoms with Crippen molar-refractivity contribution in [2.24, 2.45) is 0 Å². The first kappa shape index (κ1) is 7.72. The van der Waals surface area contributed by atoms with Crippen molar-refractivity contribution in [2.45, 2.75) is 0 Å². The van der Waals surface area contributed by atoms with Gasteiger partial charge in [-0.3, -0.25) is 0 Å². The summed E-state index contributed by atoms with van der Waals surface area (Å²) in [7, 11) is 1.58. The number of rotatable bonds is 2. The number of nitrogens with zero attached hydrogens (tertiary/aromatic N) is 3. The highest BCUT2D eigenvalue weighted by molar-refractivity contribution is 5.52. The number of H-pyrrole nitrogens is 1. The summed E-state index contributed by atoms with van der Waals surface area (Å²) in [5.41, 5.74) is 1.45. The number of ether oxygens (including phenoxy) is 1. The van der Waals surface area contributed by atoms with Crippen LogP contribution in [0.2, 0.25) is 0 Å². The van der Waals surface area contributed by atoms with Crippen LogP contribution in [0.5, 0.6) is 5.88 Å². The van der Waals surface area contributed by atoms with E-state index in [-0.39, 0.29) is 0 Å². The lowest BCUT2D eigenvalue weighted by Gasteiger charge is -1.99. The molecule has 0 unspecified atom stereocenters. The van der Waals surface area contributed by atoms with E-state index in [1.165, 1.54) is 0 Å². The Bertz CT molecular complexity index is 385. The Morgan fingerprint density at radius 2 is 2.23 bits per heavy atom. The molecule has 0 aliphatic heterocycles. The van der Waals surface area contributed by atoms with Gasteiger partial charge in [0.1, 0.15) is 5.69 Å². The van der Waals surface area contributed by atoms with Crippen LogP contribution >= 0.6 is 0 Å². The molecule has 2 rings (SSSR count). The maximum atomic E-state index is 4.98. The molecular weight excluding hydrogens is 168 g/mol. The van der Waals surface area contributed by atoms with Crippen LogP contribution < -0.4 is 4.74 Å². The first-order chi connectivity index (χ1) is 6.40. The molecule has 66 valence electrons. The molecule has 0 saturated heterocycles. The highest BCUT2D eigenvalue weighted by atomic mass is 16.5. The Kier molecular flexibility index (Phi) is 1.91. The zero-order valence-corrected chi connectivity index (χ0v) is 7.06. The SMILES string of the molecule is COc1cccc(-c2cn[nH]n2)n1. The van der Waals surface area contributed by atoms with Crippen molar-refractivity contribution in [1.82, 2.24) is 20.4 Å². The second-order valence-electron chi connectivity index (χ2n) is 2.42. The highest BCUT2D eigenvalue weighted by Gasteiger charge is 2.02. The molecule has 0 fully saturated rings. The number of pyridine rings is 1. The molecule has 0 bridgehead atoms. The van der Waals surface area contributed by atoms with Gasteiger partial charge in [-0.1, -0.05) is 6.07 Å². The van der Waals surface area contributed by atoms with Crippen molar-refractivity contribution in [3.05, 3.63) is 24.4 Å².